The lowest BCUT2D eigenvalue weighted by atomic mass is 10.2. The second kappa shape index (κ2) is 11.6. The zero-order chi connectivity index (χ0) is 22.9. The summed E-state index contributed by atoms with van der Waals surface area (Å²) in [5, 5.41) is 14.7. The fraction of sp³-hybridized carbons (Fsp3) is 0.273. The number of halogens is 1. The molecule has 0 radical (unpaired) electrons. The summed E-state index contributed by atoms with van der Waals surface area (Å²) in [7, 11) is 0. The number of aromatic nitrogens is 2. The van der Waals surface area contributed by atoms with Crippen LogP contribution >= 0.6 is 23.1 Å². The first-order valence-corrected chi connectivity index (χ1v) is 11.9. The molecule has 2 aromatic carbocycles. The van der Waals surface area contributed by atoms with Gasteiger partial charge in [0.15, 0.2) is 4.34 Å². The number of nitrogens with zero attached hydrogens (tertiary/aromatic N) is 3. The number of nitrogens with one attached hydrogen (secondary N) is 2. The van der Waals surface area contributed by atoms with E-state index in [1.165, 1.54) is 35.2 Å². The number of hydrogen-bond donors (Lipinski definition) is 2. The molecular formula is C22H24FN5O2S2. The summed E-state index contributed by atoms with van der Waals surface area (Å²) in [6, 6.07) is 13.1. The third kappa shape index (κ3) is 6.76. The van der Waals surface area contributed by atoms with Crippen molar-refractivity contribution in [3.8, 4) is 0 Å². The second-order valence-corrected chi connectivity index (χ2v) is 8.94. The number of carbonyl (C=O) groups is 2. The van der Waals surface area contributed by atoms with Gasteiger partial charge in [0.1, 0.15) is 5.82 Å². The molecule has 2 N–H and O–H groups in total. The van der Waals surface area contributed by atoms with Gasteiger partial charge in [-0.15, -0.1) is 10.2 Å². The van der Waals surface area contributed by atoms with Crippen LogP contribution < -0.4 is 10.6 Å². The summed E-state index contributed by atoms with van der Waals surface area (Å²) in [5.41, 5.74) is 2.15. The Kier molecular flexibility index (Phi) is 8.57. The number of amides is 2. The van der Waals surface area contributed by atoms with Crippen LogP contribution in [0, 0.1) is 5.82 Å². The lowest BCUT2D eigenvalue weighted by molar-refractivity contribution is -0.113. The Hall–Kier alpha value is -2.98. The lowest BCUT2D eigenvalue weighted by Crippen LogP contribution is -2.30. The van der Waals surface area contributed by atoms with Crippen LogP contribution in [0.4, 0.5) is 15.2 Å². The van der Waals surface area contributed by atoms with Crippen molar-refractivity contribution in [1.82, 2.24) is 15.1 Å². The Bertz CT molecular complexity index is 1040. The van der Waals surface area contributed by atoms with Crippen LogP contribution in [0.5, 0.6) is 0 Å². The van der Waals surface area contributed by atoms with E-state index >= 15 is 0 Å². The average molecular weight is 474 g/mol. The standard InChI is InChI=1S/C22H24FN5O2S2/c1-3-28(4-2)20(30)16-7-11-18(12-8-16)25-19(29)14-31-22-27-26-21(32-22)24-13-15-5-9-17(23)10-6-15/h5-12H,3-4,13-14H2,1-2H3,(H,24,26)(H,25,29). The van der Waals surface area contributed by atoms with Crippen molar-refractivity contribution in [2.24, 2.45) is 0 Å². The molecule has 0 saturated heterocycles. The van der Waals surface area contributed by atoms with Crippen LogP contribution in [-0.2, 0) is 11.3 Å². The Morgan fingerprint density at radius 3 is 2.38 bits per heavy atom. The molecule has 0 fully saturated rings. The van der Waals surface area contributed by atoms with E-state index in [4.69, 9.17) is 0 Å². The smallest absolute Gasteiger partial charge is 0.253 e. The van der Waals surface area contributed by atoms with Gasteiger partial charge in [-0.05, 0) is 55.8 Å². The van der Waals surface area contributed by atoms with Crippen molar-refractivity contribution in [3.05, 3.63) is 65.5 Å². The van der Waals surface area contributed by atoms with Gasteiger partial charge in [0, 0.05) is 30.9 Å². The number of anilines is 2. The maximum Gasteiger partial charge on any atom is 0.253 e. The van der Waals surface area contributed by atoms with Crippen molar-refractivity contribution >= 4 is 45.7 Å². The quantitative estimate of drug-likeness (QED) is 0.422. The monoisotopic (exact) mass is 473 g/mol. The Labute approximate surface area is 194 Å². The number of hydrogen-bond acceptors (Lipinski definition) is 7. The number of benzene rings is 2. The van der Waals surface area contributed by atoms with Crippen LogP contribution in [0.25, 0.3) is 0 Å². The van der Waals surface area contributed by atoms with E-state index in [1.54, 1.807) is 41.3 Å². The van der Waals surface area contributed by atoms with Gasteiger partial charge in [0.05, 0.1) is 5.75 Å². The van der Waals surface area contributed by atoms with E-state index in [9.17, 15) is 14.0 Å². The lowest BCUT2D eigenvalue weighted by Gasteiger charge is -2.18. The van der Waals surface area contributed by atoms with E-state index in [-0.39, 0.29) is 23.4 Å². The maximum atomic E-state index is 13.0. The first-order chi connectivity index (χ1) is 15.5. The van der Waals surface area contributed by atoms with Crippen molar-refractivity contribution < 1.29 is 14.0 Å². The molecule has 1 heterocycles. The Morgan fingerprint density at radius 1 is 1.03 bits per heavy atom. The third-order valence-electron chi connectivity index (χ3n) is 4.56. The molecule has 0 spiro atoms. The SMILES string of the molecule is CCN(CC)C(=O)c1ccc(NC(=O)CSc2nnc(NCc3ccc(F)cc3)s2)cc1. The molecule has 168 valence electrons. The van der Waals surface area contributed by atoms with Crippen molar-refractivity contribution in [2.45, 2.75) is 24.7 Å². The highest BCUT2D eigenvalue weighted by Crippen LogP contribution is 2.26. The second-order valence-electron chi connectivity index (χ2n) is 6.74. The molecule has 0 aliphatic carbocycles. The van der Waals surface area contributed by atoms with Crippen LogP contribution in [-0.4, -0.2) is 45.8 Å². The minimum absolute atomic E-state index is 0.0245. The minimum Gasteiger partial charge on any atom is -0.356 e. The first-order valence-electron chi connectivity index (χ1n) is 10.1. The molecule has 0 aliphatic rings. The molecule has 0 bridgehead atoms. The van der Waals surface area contributed by atoms with Gasteiger partial charge in [0.25, 0.3) is 5.91 Å². The molecule has 32 heavy (non-hydrogen) atoms. The van der Waals surface area contributed by atoms with Gasteiger partial charge in [0.2, 0.25) is 11.0 Å². The predicted molar refractivity (Wildman–Crippen MR) is 127 cm³/mol. The highest BCUT2D eigenvalue weighted by Gasteiger charge is 2.13. The summed E-state index contributed by atoms with van der Waals surface area (Å²) >= 11 is 2.64. The average Bonchev–Trinajstić information content (AvgIpc) is 3.26. The summed E-state index contributed by atoms with van der Waals surface area (Å²) in [6.07, 6.45) is 0. The number of carbonyl (C=O) groups excluding carboxylic acids is 2. The molecule has 0 aliphatic heterocycles. The largest absolute Gasteiger partial charge is 0.356 e. The number of thioether (sulfide) groups is 1. The summed E-state index contributed by atoms with van der Waals surface area (Å²) in [4.78, 5) is 26.3. The molecule has 3 rings (SSSR count). The van der Waals surface area contributed by atoms with Gasteiger partial charge in [-0.25, -0.2) is 4.39 Å². The fourth-order valence-electron chi connectivity index (χ4n) is 2.83. The number of rotatable bonds is 10. The minimum atomic E-state index is -0.273. The highest BCUT2D eigenvalue weighted by molar-refractivity contribution is 8.01. The van der Waals surface area contributed by atoms with E-state index in [1.807, 2.05) is 13.8 Å². The molecule has 0 saturated carbocycles. The van der Waals surface area contributed by atoms with E-state index < -0.39 is 0 Å². The normalized spacial score (nSPS) is 10.6. The van der Waals surface area contributed by atoms with Crippen molar-refractivity contribution in [2.75, 3.05) is 29.5 Å². The molecule has 0 atom stereocenters. The van der Waals surface area contributed by atoms with E-state index in [0.717, 1.165) is 5.56 Å². The van der Waals surface area contributed by atoms with Crippen LogP contribution in [0.15, 0.2) is 52.9 Å². The van der Waals surface area contributed by atoms with Crippen molar-refractivity contribution in [3.63, 3.8) is 0 Å². The van der Waals surface area contributed by atoms with Crippen LogP contribution in [0.1, 0.15) is 29.8 Å². The van der Waals surface area contributed by atoms with Gasteiger partial charge in [-0.3, -0.25) is 9.59 Å². The highest BCUT2D eigenvalue weighted by atomic mass is 32.2. The fourth-order valence-corrected chi connectivity index (χ4v) is 4.38. The van der Waals surface area contributed by atoms with Gasteiger partial charge < -0.3 is 15.5 Å². The van der Waals surface area contributed by atoms with E-state index in [2.05, 4.69) is 20.8 Å². The first kappa shape index (κ1) is 23.7. The molecule has 0 unspecified atom stereocenters. The van der Waals surface area contributed by atoms with Gasteiger partial charge in [-0.1, -0.05) is 35.2 Å². The Morgan fingerprint density at radius 2 is 1.72 bits per heavy atom. The predicted octanol–water partition coefficient (Wildman–Crippen LogP) is 4.50. The van der Waals surface area contributed by atoms with Crippen LogP contribution in [0.2, 0.25) is 0 Å². The van der Waals surface area contributed by atoms with Crippen molar-refractivity contribution in [1.29, 1.82) is 0 Å². The summed E-state index contributed by atoms with van der Waals surface area (Å²) in [6.45, 7) is 5.69. The van der Waals surface area contributed by atoms with E-state index in [0.29, 0.717) is 40.4 Å². The molecule has 2 amide bonds. The summed E-state index contributed by atoms with van der Waals surface area (Å²) in [5.74, 6) is -0.282. The zero-order valence-corrected chi connectivity index (χ0v) is 19.4. The van der Waals surface area contributed by atoms with Crippen LogP contribution in [0.3, 0.4) is 0 Å². The molecular weight excluding hydrogens is 449 g/mol. The summed E-state index contributed by atoms with van der Waals surface area (Å²) < 4.78 is 13.6. The Balaban J connectivity index is 1.45. The van der Waals surface area contributed by atoms with Gasteiger partial charge in [-0.2, -0.15) is 0 Å². The topological polar surface area (TPSA) is 87.2 Å². The molecule has 10 heteroatoms. The zero-order valence-electron chi connectivity index (χ0n) is 17.8. The third-order valence-corrected chi connectivity index (χ3v) is 6.57. The molecule has 1 aromatic heterocycles. The molecule has 7 nitrogen and oxygen atoms in total. The maximum absolute atomic E-state index is 13.0. The molecule has 3 aromatic rings. The van der Waals surface area contributed by atoms with Gasteiger partial charge >= 0.3 is 0 Å².